The maximum Gasteiger partial charge on any atom is 0.0834 e. The predicted octanol–water partition coefficient (Wildman–Crippen LogP) is 3.45. The molecule has 0 aliphatic heterocycles. The third-order valence-corrected chi connectivity index (χ3v) is 3.96. The van der Waals surface area contributed by atoms with Gasteiger partial charge in [0.15, 0.2) is 0 Å². The zero-order valence-corrected chi connectivity index (χ0v) is 14.7. The van der Waals surface area contributed by atoms with Gasteiger partial charge in [-0.25, -0.2) is 0 Å². The maximum absolute atomic E-state index is 4.65. The van der Waals surface area contributed by atoms with Gasteiger partial charge in [-0.05, 0) is 54.4 Å². The number of pyridine rings is 1. The highest BCUT2D eigenvalue weighted by Crippen LogP contribution is 2.15. The summed E-state index contributed by atoms with van der Waals surface area (Å²) in [6.45, 7) is 11.3. The Balaban J connectivity index is 2.09. The lowest BCUT2D eigenvalue weighted by molar-refractivity contribution is 0.550. The number of nitrogens with one attached hydrogen (secondary N) is 1. The molecular weight excluding hydrogens is 328 g/mol. The molecule has 2 aromatic heterocycles. The molecule has 1 N–H and O–H groups in total. The summed E-state index contributed by atoms with van der Waals surface area (Å²) in [5.74, 6) is 0.660. The van der Waals surface area contributed by atoms with Crippen molar-refractivity contribution in [2.45, 2.75) is 40.8 Å². The fraction of sp³-hybridized carbons (Fsp3) is 0.500. The summed E-state index contributed by atoms with van der Waals surface area (Å²) in [6.07, 6.45) is 1.83. The first-order valence-electron chi connectivity index (χ1n) is 7.31. The van der Waals surface area contributed by atoms with Gasteiger partial charge in [0.05, 0.1) is 17.9 Å². The molecule has 2 heterocycles. The van der Waals surface area contributed by atoms with Crippen LogP contribution in [0.3, 0.4) is 0 Å². The summed E-state index contributed by atoms with van der Waals surface area (Å²) in [6, 6.07) is 4.04. The van der Waals surface area contributed by atoms with E-state index in [2.05, 4.69) is 59.0 Å². The molecule has 0 radical (unpaired) electrons. The van der Waals surface area contributed by atoms with Crippen LogP contribution in [0.4, 0.5) is 0 Å². The second-order valence-electron chi connectivity index (χ2n) is 5.80. The summed E-state index contributed by atoms with van der Waals surface area (Å²) in [7, 11) is 0. The van der Waals surface area contributed by atoms with Crippen molar-refractivity contribution in [1.29, 1.82) is 0 Å². The van der Waals surface area contributed by atoms with E-state index >= 15 is 0 Å². The number of hydrogen-bond donors (Lipinski definition) is 1. The molecule has 0 atom stereocenters. The molecule has 0 saturated carbocycles. The van der Waals surface area contributed by atoms with Crippen LogP contribution in [0.1, 0.15) is 36.5 Å². The smallest absolute Gasteiger partial charge is 0.0834 e. The lowest BCUT2D eigenvalue weighted by Crippen LogP contribution is -2.19. The minimum Gasteiger partial charge on any atom is -0.312 e. The molecule has 2 aromatic rings. The number of nitrogens with zero attached hydrogens (tertiary/aromatic N) is 3. The molecule has 0 fully saturated rings. The predicted molar refractivity (Wildman–Crippen MR) is 89.3 cm³/mol. The summed E-state index contributed by atoms with van der Waals surface area (Å²) in [4.78, 5) is 4.42. The van der Waals surface area contributed by atoms with Gasteiger partial charge in [0.25, 0.3) is 0 Å². The monoisotopic (exact) mass is 350 g/mol. The van der Waals surface area contributed by atoms with Crippen molar-refractivity contribution in [3.63, 3.8) is 0 Å². The summed E-state index contributed by atoms with van der Waals surface area (Å²) in [5.41, 5.74) is 4.63. The first-order chi connectivity index (χ1) is 9.97. The van der Waals surface area contributed by atoms with Crippen molar-refractivity contribution in [1.82, 2.24) is 20.1 Å². The van der Waals surface area contributed by atoms with E-state index in [0.717, 1.165) is 29.0 Å². The van der Waals surface area contributed by atoms with Crippen molar-refractivity contribution in [2.75, 3.05) is 6.54 Å². The number of halogens is 1. The van der Waals surface area contributed by atoms with E-state index in [-0.39, 0.29) is 0 Å². The molecule has 0 aromatic carbocycles. The molecule has 21 heavy (non-hydrogen) atoms. The van der Waals surface area contributed by atoms with Crippen LogP contribution in [0, 0.1) is 19.8 Å². The van der Waals surface area contributed by atoms with Crippen molar-refractivity contribution < 1.29 is 0 Å². The van der Waals surface area contributed by atoms with Gasteiger partial charge in [0, 0.05) is 28.5 Å². The van der Waals surface area contributed by atoms with Crippen molar-refractivity contribution in [2.24, 2.45) is 5.92 Å². The van der Waals surface area contributed by atoms with Crippen LogP contribution in [0.5, 0.6) is 0 Å². The Morgan fingerprint density at radius 2 is 2.05 bits per heavy atom. The Morgan fingerprint density at radius 1 is 1.29 bits per heavy atom. The fourth-order valence-electron chi connectivity index (χ4n) is 2.28. The highest BCUT2D eigenvalue weighted by Gasteiger charge is 2.12. The van der Waals surface area contributed by atoms with Gasteiger partial charge in [0.1, 0.15) is 0 Å². The Bertz CT molecular complexity index is 587. The minimum absolute atomic E-state index is 0.660. The Morgan fingerprint density at radius 3 is 2.67 bits per heavy atom. The largest absolute Gasteiger partial charge is 0.312 e. The minimum atomic E-state index is 0.660. The molecule has 0 amide bonds. The Labute approximate surface area is 135 Å². The molecule has 4 nitrogen and oxygen atoms in total. The Hall–Kier alpha value is -1.20. The van der Waals surface area contributed by atoms with Gasteiger partial charge in [-0.2, -0.15) is 5.10 Å². The third kappa shape index (κ3) is 4.38. The zero-order valence-electron chi connectivity index (χ0n) is 13.2. The SMILES string of the molecule is Cc1nn(Cc2ccc(Br)cn2)c(C)c1CNCC(C)C. The van der Waals surface area contributed by atoms with Crippen LogP contribution in [0.25, 0.3) is 0 Å². The number of aromatic nitrogens is 3. The molecule has 0 aliphatic rings. The van der Waals surface area contributed by atoms with Gasteiger partial charge in [0.2, 0.25) is 0 Å². The van der Waals surface area contributed by atoms with E-state index in [1.165, 1.54) is 11.3 Å². The topological polar surface area (TPSA) is 42.7 Å². The van der Waals surface area contributed by atoms with Crippen molar-refractivity contribution in [3.8, 4) is 0 Å². The van der Waals surface area contributed by atoms with E-state index in [0.29, 0.717) is 12.5 Å². The van der Waals surface area contributed by atoms with E-state index in [9.17, 15) is 0 Å². The van der Waals surface area contributed by atoms with Crippen LogP contribution in [0.2, 0.25) is 0 Å². The normalized spacial score (nSPS) is 11.3. The van der Waals surface area contributed by atoms with Crippen molar-refractivity contribution >= 4 is 15.9 Å². The molecule has 0 bridgehead atoms. The number of aryl methyl sites for hydroxylation is 1. The zero-order chi connectivity index (χ0) is 15.4. The molecule has 0 saturated heterocycles. The van der Waals surface area contributed by atoms with E-state index < -0.39 is 0 Å². The van der Waals surface area contributed by atoms with E-state index in [1.807, 2.05) is 23.0 Å². The van der Waals surface area contributed by atoms with Crippen LogP contribution in [-0.2, 0) is 13.1 Å². The highest BCUT2D eigenvalue weighted by molar-refractivity contribution is 9.10. The first kappa shape index (κ1) is 16.2. The summed E-state index contributed by atoms with van der Waals surface area (Å²) in [5, 5.41) is 8.14. The van der Waals surface area contributed by atoms with Crippen molar-refractivity contribution in [3.05, 3.63) is 45.4 Å². The molecule has 2 rings (SSSR count). The van der Waals surface area contributed by atoms with Gasteiger partial charge in [-0.15, -0.1) is 0 Å². The van der Waals surface area contributed by atoms with Gasteiger partial charge < -0.3 is 5.32 Å². The van der Waals surface area contributed by atoms with Gasteiger partial charge in [-0.1, -0.05) is 13.8 Å². The number of hydrogen-bond acceptors (Lipinski definition) is 3. The number of rotatable bonds is 6. The van der Waals surface area contributed by atoms with Crippen LogP contribution in [-0.4, -0.2) is 21.3 Å². The lowest BCUT2D eigenvalue weighted by Gasteiger charge is -2.08. The van der Waals surface area contributed by atoms with Gasteiger partial charge in [-0.3, -0.25) is 9.67 Å². The molecule has 5 heteroatoms. The van der Waals surface area contributed by atoms with Crippen LogP contribution in [0.15, 0.2) is 22.8 Å². The third-order valence-electron chi connectivity index (χ3n) is 3.49. The lowest BCUT2D eigenvalue weighted by atomic mass is 10.1. The Kier molecular flexibility index (Phi) is 5.53. The van der Waals surface area contributed by atoms with Gasteiger partial charge >= 0.3 is 0 Å². The standard InChI is InChI=1S/C16H23BrN4/c1-11(2)7-18-9-16-12(3)20-21(13(16)4)10-15-6-5-14(17)8-19-15/h5-6,8,11,18H,7,9-10H2,1-4H3. The first-order valence-corrected chi connectivity index (χ1v) is 8.10. The molecule has 0 aliphatic carbocycles. The molecule has 0 unspecified atom stereocenters. The molecule has 0 spiro atoms. The average molecular weight is 351 g/mol. The average Bonchev–Trinajstić information content (AvgIpc) is 2.68. The highest BCUT2D eigenvalue weighted by atomic mass is 79.9. The molecule has 114 valence electrons. The fourth-order valence-corrected chi connectivity index (χ4v) is 2.52. The second kappa shape index (κ2) is 7.18. The molecular formula is C16H23BrN4. The van der Waals surface area contributed by atoms with E-state index in [4.69, 9.17) is 0 Å². The second-order valence-corrected chi connectivity index (χ2v) is 6.72. The quantitative estimate of drug-likeness (QED) is 0.867. The summed E-state index contributed by atoms with van der Waals surface area (Å²) >= 11 is 3.41. The summed E-state index contributed by atoms with van der Waals surface area (Å²) < 4.78 is 3.04. The van der Waals surface area contributed by atoms with Crippen LogP contribution < -0.4 is 5.32 Å². The maximum atomic E-state index is 4.65. The van der Waals surface area contributed by atoms with E-state index in [1.54, 1.807) is 0 Å². The van der Waals surface area contributed by atoms with Crippen LogP contribution >= 0.6 is 15.9 Å².